The van der Waals surface area contributed by atoms with E-state index in [0.29, 0.717) is 13.0 Å². The van der Waals surface area contributed by atoms with E-state index in [0.717, 1.165) is 11.4 Å². The average Bonchev–Trinajstić information content (AvgIpc) is 2.86. The van der Waals surface area contributed by atoms with Crippen molar-refractivity contribution in [3.05, 3.63) is 54.1 Å². The maximum atomic E-state index is 12.1. The molecular weight excluding hydrogens is 254 g/mol. The van der Waals surface area contributed by atoms with Gasteiger partial charge in [0.2, 0.25) is 0 Å². The van der Waals surface area contributed by atoms with Crippen LogP contribution in [0.4, 0.5) is 0 Å². The zero-order valence-electron chi connectivity index (χ0n) is 11.7. The van der Waals surface area contributed by atoms with E-state index in [9.17, 15) is 4.79 Å². The Morgan fingerprint density at radius 3 is 2.75 bits per heavy atom. The van der Waals surface area contributed by atoms with Crippen molar-refractivity contribution < 1.29 is 9.53 Å². The molecule has 0 aliphatic heterocycles. The molecule has 106 valence electrons. The number of aromatic nitrogens is 2. The molecule has 0 radical (unpaired) electrons. The summed E-state index contributed by atoms with van der Waals surface area (Å²) < 4.78 is 7.22. The number of nitrogens with zero attached hydrogens (tertiary/aromatic N) is 2. The summed E-state index contributed by atoms with van der Waals surface area (Å²) in [6.07, 6.45) is 3.76. The zero-order valence-corrected chi connectivity index (χ0v) is 11.7. The van der Waals surface area contributed by atoms with E-state index in [2.05, 4.69) is 10.3 Å². The molecule has 5 heteroatoms. The van der Waals surface area contributed by atoms with Gasteiger partial charge >= 0.3 is 0 Å². The fraction of sp³-hybridized carbons (Fsp3) is 0.333. The highest BCUT2D eigenvalue weighted by Crippen LogP contribution is 2.15. The third-order valence-corrected chi connectivity index (χ3v) is 3.14. The molecule has 0 saturated carbocycles. The normalized spacial score (nSPS) is 12.1. The van der Waals surface area contributed by atoms with E-state index >= 15 is 0 Å². The summed E-state index contributed by atoms with van der Waals surface area (Å²) in [6.45, 7) is 0.538. The first-order valence-electron chi connectivity index (χ1n) is 6.54. The summed E-state index contributed by atoms with van der Waals surface area (Å²) in [5.41, 5.74) is 0.851. The van der Waals surface area contributed by atoms with E-state index in [4.69, 9.17) is 4.74 Å². The minimum absolute atomic E-state index is 0.132. The second kappa shape index (κ2) is 6.86. The van der Waals surface area contributed by atoms with Crippen LogP contribution >= 0.6 is 0 Å². The molecule has 0 bridgehead atoms. The second-order valence-electron chi connectivity index (χ2n) is 4.52. The van der Waals surface area contributed by atoms with Gasteiger partial charge in [-0.05, 0) is 5.56 Å². The van der Waals surface area contributed by atoms with Crippen molar-refractivity contribution in [2.75, 3.05) is 13.7 Å². The van der Waals surface area contributed by atoms with Crippen LogP contribution in [-0.4, -0.2) is 29.1 Å². The van der Waals surface area contributed by atoms with Crippen LogP contribution in [0.15, 0.2) is 42.7 Å². The number of benzene rings is 1. The SMILES string of the molecule is CO[C@@H](C(=O)NCCc1nccn1C)c1ccccc1. The van der Waals surface area contributed by atoms with E-state index in [-0.39, 0.29) is 5.91 Å². The molecule has 1 aromatic carbocycles. The molecule has 1 amide bonds. The molecule has 1 aromatic heterocycles. The van der Waals surface area contributed by atoms with Crippen molar-refractivity contribution >= 4 is 5.91 Å². The molecular formula is C15H19N3O2. The number of methoxy groups -OCH3 is 1. The Labute approximate surface area is 118 Å². The monoisotopic (exact) mass is 273 g/mol. The smallest absolute Gasteiger partial charge is 0.253 e. The first-order chi connectivity index (χ1) is 9.72. The summed E-state index contributed by atoms with van der Waals surface area (Å²) in [5, 5.41) is 2.88. The van der Waals surface area contributed by atoms with Crippen molar-refractivity contribution in [2.45, 2.75) is 12.5 Å². The Bertz CT molecular complexity index is 551. The highest BCUT2D eigenvalue weighted by molar-refractivity contribution is 5.82. The maximum Gasteiger partial charge on any atom is 0.253 e. The van der Waals surface area contributed by atoms with Crippen LogP contribution in [0.2, 0.25) is 0 Å². The predicted molar refractivity (Wildman–Crippen MR) is 76.1 cm³/mol. The number of rotatable bonds is 6. The molecule has 1 heterocycles. The lowest BCUT2D eigenvalue weighted by atomic mass is 10.1. The molecule has 0 fully saturated rings. The minimum atomic E-state index is -0.572. The van der Waals surface area contributed by atoms with Gasteiger partial charge in [-0.25, -0.2) is 4.98 Å². The Hall–Kier alpha value is -2.14. The molecule has 2 aromatic rings. The minimum Gasteiger partial charge on any atom is -0.367 e. The van der Waals surface area contributed by atoms with Crippen LogP contribution in [0.25, 0.3) is 0 Å². The van der Waals surface area contributed by atoms with Crippen LogP contribution in [0.1, 0.15) is 17.5 Å². The van der Waals surface area contributed by atoms with E-state index in [1.54, 1.807) is 6.20 Å². The number of ether oxygens (including phenoxy) is 1. The molecule has 1 N–H and O–H groups in total. The molecule has 0 aliphatic carbocycles. The fourth-order valence-electron chi connectivity index (χ4n) is 2.05. The quantitative estimate of drug-likeness (QED) is 0.867. The van der Waals surface area contributed by atoms with Gasteiger partial charge in [-0.2, -0.15) is 0 Å². The molecule has 0 spiro atoms. The van der Waals surface area contributed by atoms with Gasteiger partial charge in [0.05, 0.1) is 0 Å². The van der Waals surface area contributed by atoms with Gasteiger partial charge in [0.25, 0.3) is 5.91 Å². The number of nitrogens with one attached hydrogen (secondary N) is 1. The molecule has 20 heavy (non-hydrogen) atoms. The van der Waals surface area contributed by atoms with E-state index in [1.807, 2.05) is 48.1 Å². The zero-order chi connectivity index (χ0) is 14.4. The van der Waals surface area contributed by atoms with E-state index in [1.165, 1.54) is 7.11 Å². The lowest BCUT2D eigenvalue weighted by Crippen LogP contribution is -2.32. The average molecular weight is 273 g/mol. The van der Waals surface area contributed by atoms with Crippen molar-refractivity contribution in [3.63, 3.8) is 0 Å². The van der Waals surface area contributed by atoms with Crippen LogP contribution in [0.5, 0.6) is 0 Å². The number of aryl methyl sites for hydroxylation is 1. The standard InChI is InChI=1S/C15H19N3O2/c1-18-11-10-16-13(18)8-9-17-15(19)14(20-2)12-6-4-3-5-7-12/h3-7,10-11,14H,8-9H2,1-2H3,(H,17,19)/t14-/m1/s1. The number of hydrogen-bond donors (Lipinski definition) is 1. The molecule has 1 atom stereocenters. The van der Waals surface area contributed by atoms with E-state index < -0.39 is 6.10 Å². The van der Waals surface area contributed by atoms with Crippen LogP contribution in [0, 0.1) is 0 Å². The van der Waals surface area contributed by atoms with Gasteiger partial charge in [0, 0.05) is 39.5 Å². The largest absolute Gasteiger partial charge is 0.367 e. The first kappa shape index (κ1) is 14.3. The summed E-state index contributed by atoms with van der Waals surface area (Å²) in [5.74, 6) is 0.812. The Kier molecular flexibility index (Phi) is 4.90. The third kappa shape index (κ3) is 3.45. The highest BCUT2D eigenvalue weighted by Gasteiger charge is 2.19. The van der Waals surface area contributed by atoms with Crippen molar-refractivity contribution in [1.82, 2.24) is 14.9 Å². The van der Waals surface area contributed by atoms with Crippen molar-refractivity contribution in [1.29, 1.82) is 0 Å². The maximum absolute atomic E-state index is 12.1. The van der Waals surface area contributed by atoms with Crippen molar-refractivity contribution in [2.24, 2.45) is 7.05 Å². The molecule has 2 rings (SSSR count). The summed E-state index contributed by atoms with van der Waals surface area (Å²) in [6, 6.07) is 9.46. The van der Waals surface area contributed by atoms with Gasteiger partial charge in [0.1, 0.15) is 5.82 Å². The molecule has 0 unspecified atom stereocenters. The lowest BCUT2D eigenvalue weighted by molar-refractivity contribution is -0.131. The summed E-state index contributed by atoms with van der Waals surface area (Å²) >= 11 is 0. The predicted octanol–water partition coefficient (Wildman–Crippen LogP) is 1.47. The molecule has 0 aliphatic rings. The van der Waals surface area contributed by atoms with Crippen LogP contribution < -0.4 is 5.32 Å². The molecule has 5 nitrogen and oxygen atoms in total. The van der Waals surface area contributed by atoms with Gasteiger partial charge in [0.15, 0.2) is 6.10 Å². The van der Waals surface area contributed by atoms with Crippen LogP contribution in [-0.2, 0) is 23.0 Å². The first-order valence-corrected chi connectivity index (χ1v) is 6.54. The second-order valence-corrected chi connectivity index (χ2v) is 4.52. The van der Waals surface area contributed by atoms with Gasteiger partial charge in [-0.1, -0.05) is 30.3 Å². The van der Waals surface area contributed by atoms with Gasteiger partial charge in [-0.3, -0.25) is 4.79 Å². The number of imidazole rings is 1. The lowest BCUT2D eigenvalue weighted by Gasteiger charge is -2.15. The number of carbonyl (C=O) groups excluding carboxylic acids is 1. The Balaban J connectivity index is 1.89. The van der Waals surface area contributed by atoms with Crippen molar-refractivity contribution in [3.8, 4) is 0 Å². The Morgan fingerprint density at radius 1 is 1.40 bits per heavy atom. The fourth-order valence-corrected chi connectivity index (χ4v) is 2.05. The Morgan fingerprint density at radius 2 is 2.15 bits per heavy atom. The van der Waals surface area contributed by atoms with Crippen LogP contribution in [0.3, 0.4) is 0 Å². The number of hydrogen-bond acceptors (Lipinski definition) is 3. The van der Waals surface area contributed by atoms with Gasteiger partial charge in [-0.15, -0.1) is 0 Å². The topological polar surface area (TPSA) is 56.1 Å². The summed E-state index contributed by atoms with van der Waals surface area (Å²) in [4.78, 5) is 16.3. The summed E-state index contributed by atoms with van der Waals surface area (Å²) in [7, 11) is 3.47. The third-order valence-electron chi connectivity index (χ3n) is 3.14. The number of amides is 1. The number of carbonyl (C=O) groups is 1. The highest BCUT2D eigenvalue weighted by atomic mass is 16.5. The molecule has 0 saturated heterocycles. The van der Waals surface area contributed by atoms with Gasteiger partial charge < -0.3 is 14.6 Å².